The van der Waals surface area contributed by atoms with E-state index in [0.717, 1.165) is 5.56 Å². The van der Waals surface area contributed by atoms with E-state index in [2.05, 4.69) is 31.1 Å². The van der Waals surface area contributed by atoms with E-state index in [4.69, 9.17) is 4.74 Å². The molecule has 0 bridgehead atoms. The maximum Gasteiger partial charge on any atom is 0.339 e. The van der Waals surface area contributed by atoms with Crippen molar-refractivity contribution in [1.82, 2.24) is 19.8 Å². The summed E-state index contributed by atoms with van der Waals surface area (Å²) in [4.78, 5) is 24.7. The third-order valence-corrected chi connectivity index (χ3v) is 6.65. The van der Waals surface area contributed by atoms with Gasteiger partial charge in [-0.05, 0) is 39.7 Å². The molecule has 0 saturated carbocycles. The van der Waals surface area contributed by atoms with Gasteiger partial charge in [-0.15, -0.1) is 0 Å². The topological polar surface area (TPSA) is 119 Å². The van der Waals surface area contributed by atoms with Gasteiger partial charge in [0.25, 0.3) is 5.91 Å². The SMILES string of the molecule is COC(=O)c1ccc(C(=O)NC(CNS(=O)(=O)c2cnn(C)c2)c2ccccc2)cc1Br. The lowest BCUT2D eigenvalue weighted by atomic mass is 10.1. The van der Waals surface area contributed by atoms with Gasteiger partial charge in [0, 0.05) is 29.8 Å². The van der Waals surface area contributed by atoms with E-state index in [1.54, 1.807) is 31.3 Å². The lowest BCUT2D eigenvalue weighted by Crippen LogP contribution is -2.37. The van der Waals surface area contributed by atoms with Crippen molar-refractivity contribution in [3.8, 4) is 0 Å². The van der Waals surface area contributed by atoms with Crippen molar-refractivity contribution >= 4 is 37.8 Å². The van der Waals surface area contributed by atoms with Crippen LogP contribution < -0.4 is 10.0 Å². The van der Waals surface area contributed by atoms with Crippen molar-refractivity contribution < 1.29 is 22.7 Å². The normalized spacial score (nSPS) is 12.2. The van der Waals surface area contributed by atoms with Gasteiger partial charge in [-0.25, -0.2) is 17.9 Å². The van der Waals surface area contributed by atoms with Crippen LogP contribution in [0, 0.1) is 0 Å². The average molecular weight is 521 g/mol. The van der Waals surface area contributed by atoms with Crippen LogP contribution in [0.2, 0.25) is 0 Å². The van der Waals surface area contributed by atoms with Crippen molar-refractivity contribution in [2.45, 2.75) is 10.9 Å². The number of nitrogens with zero attached hydrogens (tertiary/aromatic N) is 2. The van der Waals surface area contributed by atoms with Crippen LogP contribution in [0.25, 0.3) is 0 Å². The molecule has 1 heterocycles. The minimum Gasteiger partial charge on any atom is -0.465 e. The molecule has 0 aliphatic heterocycles. The number of aromatic nitrogens is 2. The number of aryl methyl sites for hydroxylation is 1. The summed E-state index contributed by atoms with van der Waals surface area (Å²) < 4.78 is 34.2. The Morgan fingerprint density at radius 3 is 2.50 bits per heavy atom. The number of nitrogens with one attached hydrogen (secondary N) is 2. The standard InChI is InChI=1S/C21H21BrN4O5S/c1-26-13-16(11-23-26)32(29,30)24-12-19(14-6-4-3-5-7-14)25-20(27)15-8-9-17(18(22)10-15)21(28)31-2/h3-11,13,19,24H,12H2,1-2H3,(H,25,27). The average Bonchev–Trinajstić information content (AvgIpc) is 3.23. The number of amides is 1. The van der Waals surface area contributed by atoms with Crippen LogP contribution in [0.1, 0.15) is 32.3 Å². The van der Waals surface area contributed by atoms with Crippen LogP contribution in [0.15, 0.2) is 70.3 Å². The number of carbonyl (C=O) groups excluding carboxylic acids is 2. The lowest BCUT2D eigenvalue weighted by Gasteiger charge is -2.20. The second-order valence-electron chi connectivity index (χ2n) is 6.82. The van der Waals surface area contributed by atoms with Gasteiger partial charge in [0.1, 0.15) is 4.90 Å². The van der Waals surface area contributed by atoms with Crippen molar-refractivity contribution in [2.75, 3.05) is 13.7 Å². The second-order valence-corrected chi connectivity index (χ2v) is 9.45. The van der Waals surface area contributed by atoms with E-state index < -0.39 is 27.9 Å². The first kappa shape index (κ1) is 23.6. The van der Waals surface area contributed by atoms with Gasteiger partial charge >= 0.3 is 5.97 Å². The van der Waals surface area contributed by atoms with E-state index >= 15 is 0 Å². The first-order valence-corrected chi connectivity index (χ1v) is 11.7. The summed E-state index contributed by atoms with van der Waals surface area (Å²) in [6, 6.07) is 12.8. The van der Waals surface area contributed by atoms with Crippen molar-refractivity contribution in [3.63, 3.8) is 0 Å². The van der Waals surface area contributed by atoms with Crippen LogP contribution in [-0.4, -0.2) is 43.7 Å². The van der Waals surface area contributed by atoms with Crippen LogP contribution in [0.5, 0.6) is 0 Å². The highest BCUT2D eigenvalue weighted by atomic mass is 79.9. The highest BCUT2D eigenvalue weighted by Gasteiger charge is 2.22. The molecular formula is C21H21BrN4O5S. The molecule has 9 nitrogen and oxygen atoms in total. The number of halogens is 1. The smallest absolute Gasteiger partial charge is 0.339 e. The molecule has 0 spiro atoms. The maximum atomic E-state index is 12.9. The fourth-order valence-electron chi connectivity index (χ4n) is 2.92. The Morgan fingerprint density at radius 2 is 1.91 bits per heavy atom. The molecule has 0 aliphatic carbocycles. The number of esters is 1. The van der Waals surface area contributed by atoms with Crippen molar-refractivity contribution in [3.05, 3.63) is 82.1 Å². The number of benzene rings is 2. The summed E-state index contributed by atoms with van der Waals surface area (Å²) >= 11 is 3.27. The minimum absolute atomic E-state index is 0.0282. The molecule has 168 valence electrons. The Hall–Kier alpha value is -3.02. The Bertz CT molecular complexity index is 1230. The summed E-state index contributed by atoms with van der Waals surface area (Å²) in [5, 5.41) is 6.73. The van der Waals surface area contributed by atoms with Gasteiger partial charge in [-0.2, -0.15) is 5.10 Å². The zero-order valence-corrected chi connectivity index (χ0v) is 19.7. The molecule has 1 unspecified atom stereocenters. The van der Waals surface area contributed by atoms with Crippen LogP contribution in [0.4, 0.5) is 0 Å². The van der Waals surface area contributed by atoms with Gasteiger partial charge in [0.2, 0.25) is 10.0 Å². The number of carbonyl (C=O) groups is 2. The van der Waals surface area contributed by atoms with Gasteiger partial charge in [0.15, 0.2) is 0 Å². The van der Waals surface area contributed by atoms with Gasteiger partial charge < -0.3 is 10.1 Å². The largest absolute Gasteiger partial charge is 0.465 e. The van der Waals surface area contributed by atoms with E-state index in [-0.39, 0.29) is 17.0 Å². The summed E-state index contributed by atoms with van der Waals surface area (Å²) in [6.07, 6.45) is 2.64. The molecule has 3 rings (SSSR count). The van der Waals surface area contributed by atoms with E-state index in [1.807, 2.05) is 6.07 Å². The number of ether oxygens (including phenoxy) is 1. The number of methoxy groups -OCH3 is 1. The van der Waals surface area contributed by atoms with Crippen LogP contribution in [-0.2, 0) is 21.8 Å². The zero-order valence-electron chi connectivity index (χ0n) is 17.3. The predicted molar refractivity (Wildman–Crippen MR) is 121 cm³/mol. The molecule has 0 radical (unpaired) electrons. The summed E-state index contributed by atoms with van der Waals surface area (Å²) in [5.41, 5.74) is 1.30. The summed E-state index contributed by atoms with van der Waals surface area (Å²) in [6.45, 7) is -0.0750. The Morgan fingerprint density at radius 1 is 1.19 bits per heavy atom. The molecule has 1 atom stereocenters. The number of hydrogen-bond acceptors (Lipinski definition) is 6. The molecule has 32 heavy (non-hydrogen) atoms. The quantitative estimate of drug-likeness (QED) is 0.440. The van der Waals surface area contributed by atoms with Crippen LogP contribution in [0.3, 0.4) is 0 Å². The molecular weight excluding hydrogens is 500 g/mol. The van der Waals surface area contributed by atoms with E-state index in [1.165, 1.54) is 42.4 Å². The van der Waals surface area contributed by atoms with E-state index in [9.17, 15) is 18.0 Å². The van der Waals surface area contributed by atoms with Gasteiger partial charge in [-0.3, -0.25) is 9.48 Å². The molecule has 2 N–H and O–H groups in total. The highest BCUT2D eigenvalue weighted by Crippen LogP contribution is 2.21. The van der Waals surface area contributed by atoms with Gasteiger partial charge in [0.05, 0.1) is 24.9 Å². The van der Waals surface area contributed by atoms with Crippen LogP contribution >= 0.6 is 15.9 Å². The molecule has 1 amide bonds. The van der Waals surface area contributed by atoms with Gasteiger partial charge in [-0.1, -0.05) is 30.3 Å². The molecule has 3 aromatic rings. The molecule has 2 aromatic carbocycles. The molecule has 11 heteroatoms. The maximum absolute atomic E-state index is 12.9. The number of hydrogen-bond donors (Lipinski definition) is 2. The predicted octanol–water partition coefficient (Wildman–Crippen LogP) is 2.42. The van der Waals surface area contributed by atoms with Crippen molar-refractivity contribution in [1.29, 1.82) is 0 Å². The lowest BCUT2D eigenvalue weighted by molar-refractivity contribution is 0.0599. The zero-order chi connectivity index (χ0) is 23.3. The Kier molecular flexibility index (Phi) is 7.44. The Labute approximate surface area is 194 Å². The minimum atomic E-state index is -3.81. The highest BCUT2D eigenvalue weighted by molar-refractivity contribution is 9.10. The fourth-order valence-corrected chi connectivity index (χ4v) is 4.50. The fraction of sp³-hybridized carbons (Fsp3) is 0.190. The van der Waals surface area contributed by atoms with Crippen molar-refractivity contribution in [2.24, 2.45) is 7.05 Å². The monoisotopic (exact) mass is 520 g/mol. The molecule has 1 aromatic heterocycles. The Balaban J connectivity index is 1.80. The number of sulfonamides is 1. The number of rotatable bonds is 8. The molecule has 0 aliphatic rings. The molecule has 0 fully saturated rings. The third kappa shape index (κ3) is 5.61. The first-order valence-electron chi connectivity index (χ1n) is 9.43. The summed E-state index contributed by atoms with van der Waals surface area (Å²) in [5.74, 6) is -0.965. The van der Waals surface area contributed by atoms with E-state index in [0.29, 0.717) is 10.0 Å². The third-order valence-electron chi connectivity index (χ3n) is 4.61. The first-order chi connectivity index (χ1) is 15.2. The second kappa shape index (κ2) is 10.1. The molecule has 0 saturated heterocycles. The summed E-state index contributed by atoms with van der Waals surface area (Å²) in [7, 11) is -0.920.